The Morgan fingerprint density at radius 2 is 2.14 bits per heavy atom. The molecular weight excluding hydrogens is 518 g/mol. The molecule has 0 bridgehead atoms. The standard InChI is InChI=1S/C25H24ClN5O5S/c1-35-15-10-19(31(11-15)21(32)13-2-4-18-20(8-13)37-23(27)28-18)22(33)30-7-6-25(12-30)16-9-14(26)3-5-17(16)29-24(34)36-25/h2-5,8-9,15,19H,6-7,10-12H2,1H3,(H2,27,28)(H,29,34)/t15-,19+,25+/m1/s1. The van der Waals surface area contributed by atoms with Crippen molar-refractivity contribution in [1.29, 1.82) is 0 Å². The Bertz CT molecular complexity index is 1450. The average molecular weight is 542 g/mol. The number of carbonyl (C=O) groups excluding carboxylic acids is 3. The van der Waals surface area contributed by atoms with E-state index in [0.29, 0.717) is 47.3 Å². The van der Waals surface area contributed by atoms with Crippen LogP contribution in [0.3, 0.4) is 0 Å². The number of hydrogen-bond acceptors (Lipinski definition) is 8. The van der Waals surface area contributed by atoms with E-state index in [4.69, 9.17) is 26.8 Å². The number of nitrogens with two attached hydrogens (primary N) is 1. The summed E-state index contributed by atoms with van der Waals surface area (Å²) >= 11 is 7.55. The third kappa shape index (κ3) is 4.07. The highest BCUT2D eigenvalue weighted by Crippen LogP contribution is 2.44. The van der Waals surface area contributed by atoms with Crippen LogP contribution in [0.15, 0.2) is 36.4 Å². The molecule has 0 radical (unpaired) electrons. The summed E-state index contributed by atoms with van der Waals surface area (Å²) in [5.74, 6) is -0.461. The van der Waals surface area contributed by atoms with Gasteiger partial charge in [0.1, 0.15) is 6.04 Å². The summed E-state index contributed by atoms with van der Waals surface area (Å²) in [7, 11) is 1.58. The van der Waals surface area contributed by atoms with E-state index in [2.05, 4.69) is 10.3 Å². The van der Waals surface area contributed by atoms with Crippen molar-refractivity contribution in [2.75, 3.05) is 37.8 Å². The van der Waals surface area contributed by atoms with Gasteiger partial charge in [-0.3, -0.25) is 14.9 Å². The number of nitrogen functional groups attached to an aromatic ring is 1. The molecule has 3 N–H and O–H groups in total. The van der Waals surface area contributed by atoms with Crippen LogP contribution in [0.5, 0.6) is 0 Å². The van der Waals surface area contributed by atoms with Crippen LogP contribution in [-0.4, -0.2) is 71.6 Å². The summed E-state index contributed by atoms with van der Waals surface area (Å²) in [5.41, 5.74) is 7.35. The second-order valence-corrected chi connectivity index (χ2v) is 11.0. The molecule has 3 aliphatic heterocycles. The fourth-order valence-corrected chi connectivity index (χ4v) is 6.47. The highest BCUT2D eigenvalue weighted by Gasteiger charge is 2.51. The number of thiazole rings is 1. The van der Waals surface area contributed by atoms with Crippen molar-refractivity contribution in [2.24, 2.45) is 0 Å². The lowest BCUT2D eigenvalue weighted by atomic mass is 9.90. The largest absolute Gasteiger partial charge is 0.436 e. The second kappa shape index (κ2) is 8.86. The molecule has 1 aromatic heterocycles. The predicted molar refractivity (Wildman–Crippen MR) is 139 cm³/mol. The van der Waals surface area contributed by atoms with Gasteiger partial charge in [0, 0.05) is 49.2 Å². The molecule has 2 saturated heterocycles. The predicted octanol–water partition coefficient (Wildman–Crippen LogP) is 3.45. The summed E-state index contributed by atoms with van der Waals surface area (Å²) < 4.78 is 12.1. The number of benzene rings is 2. The Morgan fingerprint density at radius 3 is 2.95 bits per heavy atom. The number of methoxy groups -OCH3 is 1. The number of likely N-dealkylation sites (tertiary alicyclic amines) is 2. The highest BCUT2D eigenvalue weighted by molar-refractivity contribution is 7.22. The molecule has 3 aliphatic rings. The van der Waals surface area contributed by atoms with E-state index in [1.165, 1.54) is 11.3 Å². The van der Waals surface area contributed by atoms with E-state index in [0.717, 1.165) is 15.8 Å². The zero-order chi connectivity index (χ0) is 25.9. The van der Waals surface area contributed by atoms with Gasteiger partial charge in [-0.25, -0.2) is 9.78 Å². The number of carbonyl (C=O) groups is 3. The molecule has 12 heteroatoms. The van der Waals surface area contributed by atoms with E-state index >= 15 is 0 Å². The van der Waals surface area contributed by atoms with Gasteiger partial charge in [-0.05, 0) is 36.4 Å². The number of hydrogen-bond donors (Lipinski definition) is 2. The fraction of sp³-hybridized carbons (Fsp3) is 0.360. The Morgan fingerprint density at radius 1 is 1.30 bits per heavy atom. The topological polar surface area (TPSA) is 127 Å². The molecule has 0 unspecified atom stereocenters. The number of ether oxygens (including phenoxy) is 2. The Balaban J connectivity index is 1.27. The number of rotatable bonds is 3. The van der Waals surface area contributed by atoms with Gasteiger partial charge in [-0.1, -0.05) is 22.9 Å². The number of aromatic nitrogens is 1. The van der Waals surface area contributed by atoms with Gasteiger partial charge < -0.3 is 25.0 Å². The van der Waals surface area contributed by atoms with Gasteiger partial charge in [0.15, 0.2) is 10.7 Å². The number of anilines is 2. The van der Waals surface area contributed by atoms with Gasteiger partial charge in [0.2, 0.25) is 5.91 Å². The van der Waals surface area contributed by atoms with Crippen LogP contribution in [0.1, 0.15) is 28.8 Å². The van der Waals surface area contributed by atoms with Crippen LogP contribution in [0, 0.1) is 0 Å². The third-order valence-electron chi connectivity index (χ3n) is 7.33. The number of amides is 3. The van der Waals surface area contributed by atoms with Crippen LogP contribution in [0.25, 0.3) is 10.2 Å². The minimum Gasteiger partial charge on any atom is -0.436 e. The van der Waals surface area contributed by atoms with E-state index in [-0.39, 0.29) is 24.5 Å². The van der Waals surface area contributed by atoms with E-state index in [9.17, 15) is 14.4 Å². The smallest absolute Gasteiger partial charge is 0.412 e. The van der Waals surface area contributed by atoms with Crippen LogP contribution in [0.4, 0.5) is 15.6 Å². The lowest BCUT2D eigenvalue weighted by Gasteiger charge is -2.36. The summed E-state index contributed by atoms with van der Waals surface area (Å²) in [5, 5.41) is 3.64. The first-order valence-corrected chi connectivity index (χ1v) is 13.0. The fourth-order valence-electron chi connectivity index (χ4n) is 5.52. The zero-order valence-corrected chi connectivity index (χ0v) is 21.5. The minimum absolute atomic E-state index is 0.175. The highest BCUT2D eigenvalue weighted by atomic mass is 35.5. The zero-order valence-electron chi connectivity index (χ0n) is 19.9. The molecule has 10 nitrogen and oxygen atoms in total. The molecule has 4 heterocycles. The van der Waals surface area contributed by atoms with Gasteiger partial charge in [-0.2, -0.15) is 0 Å². The lowest BCUT2D eigenvalue weighted by molar-refractivity contribution is -0.135. The molecule has 3 aromatic rings. The van der Waals surface area contributed by atoms with E-state index < -0.39 is 17.7 Å². The summed E-state index contributed by atoms with van der Waals surface area (Å²) in [6.07, 6.45) is -0.0321. The van der Waals surface area contributed by atoms with Crippen LogP contribution in [-0.2, 0) is 19.9 Å². The molecule has 37 heavy (non-hydrogen) atoms. The van der Waals surface area contributed by atoms with Gasteiger partial charge >= 0.3 is 6.09 Å². The molecule has 0 aliphatic carbocycles. The van der Waals surface area contributed by atoms with Gasteiger partial charge in [0.25, 0.3) is 5.91 Å². The minimum atomic E-state index is -0.997. The van der Waals surface area contributed by atoms with Gasteiger partial charge in [0.05, 0.1) is 28.6 Å². The van der Waals surface area contributed by atoms with Crippen LogP contribution >= 0.6 is 22.9 Å². The van der Waals surface area contributed by atoms with Crippen LogP contribution in [0.2, 0.25) is 5.02 Å². The molecule has 6 rings (SSSR count). The number of halogens is 1. The number of fused-ring (bicyclic) bond motifs is 3. The van der Waals surface area contributed by atoms with Crippen molar-refractivity contribution >= 4 is 61.9 Å². The SMILES string of the molecule is CO[C@@H]1C[C@@H](C(=O)N2CC[C@@]3(C2)OC(=O)Nc2ccc(Cl)cc23)N(C(=O)c2ccc3nc(N)sc3c2)C1. The number of nitrogens with one attached hydrogen (secondary N) is 1. The molecule has 1 spiro atoms. The first-order valence-electron chi connectivity index (χ1n) is 11.8. The van der Waals surface area contributed by atoms with Crippen molar-refractivity contribution in [3.63, 3.8) is 0 Å². The molecule has 3 amide bonds. The van der Waals surface area contributed by atoms with Gasteiger partial charge in [-0.15, -0.1) is 0 Å². The first kappa shape index (κ1) is 24.0. The Hall–Kier alpha value is -3.41. The Kier molecular flexibility index (Phi) is 5.74. The van der Waals surface area contributed by atoms with Crippen molar-refractivity contribution in [3.8, 4) is 0 Å². The molecule has 3 atom stereocenters. The Labute approximate surface area is 221 Å². The van der Waals surface area contributed by atoms with Crippen molar-refractivity contribution in [2.45, 2.75) is 30.6 Å². The maximum Gasteiger partial charge on any atom is 0.412 e. The second-order valence-electron chi connectivity index (χ2n) is 9.51. The first-order chi connectivity index (χ1) is 17.8. The van der Waals surface area contributed by atoms with E-state index in [1.807, 2.05) is 0 Å². The van der Waals surface area contributed by atoms with E-state index in [1.54, 1.807) is 53.3 Å². The quantitative estimate of drug-likeness (QED) is 0.520. The van der Waals surface area contributed by atoms with Crippen molar-refractivity contribution in [3.05, 3.63) is 52.5 Å². The van der Waals surface area contributed by atoms with Crippen molar-refractivity contribution < 1.29 is 23.9 Å². The lowest BCUT2D eigenvalue weighted by Crippen LogP contribution is -2.49. The molecular formula is C25H24ClN5O5S. The summed E-state index contributed by atoms with van der Waals surface area (Å²) in [4.78, 5) is 47.2. The monoisotopic (exact) mass is 541 g/mol. The van der Waals surface area contributed by atoms with Crippen molar-refractivity contribution in [1.82, 2.24) is 14.8 Å². The molecule has 192 valence electrons. The molecule has 2 aromatic carbocycles. The maximum atomic E-state index is 13.8. The summed E-state index contributed by atoms with van der Waals surface area (Å²) in [6.45, 7) is 0.847. The van der Waals surface area contributed by atoms with Crippen LogP contribution < -0.4 is 11.1 Å². The average Bonchev–Trinajstić information content (AvgIpc) is 3.59. The maximum absolute atomic E-state index is 13.8. The molecule has 0 saturated carbocycles. The number of nitrogens with zero attached hydrogens (tertiary/aromatic N) is 3. The third-order valence-corrected chi connectivity index (χ3v) is 8.42. The summed E-state index contributed by atoms with van der Waals surface area (Å²) in [6, 6.07) is 9.71. The normalized spacial score (nSPS) is 24.9. The molecule has 2 fully saturated rings.